The fourth-order valence-corrected chi connectivity index (χ4v) is 3.14. The molecule has 0 amide bonds. The zero-order valence-electron chi connectivity index (χ0n) is 15.2. The standard InChI is InChI=1S/C20H29N5/c1-2-3-5-13-21-20-22-14-12-19(24-20)23-17-8-10-18(11-9-17)25-15-6-4-7-16-25/h8-12,14H,2-7,13,15-16H2,1H3,(H2,21,22,23,24). The van der Waals surface area contributed by atoms with Crippen molar-refractivity contribution in [2.24, 2.45) is 0 Å². The van der Waals surface area contributed by atoms with Crippen LogP contribution in [0, 0.1) is 0 Å². The highest BCUT2D eigenvalue weighted by Crippen LogP contribution is 2.23. The highest BCUT2D eigenvalue weighted by atomic mass is 15.1. The summed E-state index contributed by atoms with van der Waals surface area (Å²) in [7, 11) is 0. The van der Waals surface area contributed by atoms with Gasteiger partial charge >= 0.3 is 0 Å². The average molecular weight is 339 g/mol. The molecule has 0 bridgehead atoms. The molecule has 5 heteroatoms. The van der Waals surface area contributed by atoms with Crippen LogP contribution in [0.3, 0.4) is 0 Å². The maximum absolute atomic E-state index is 4.53. The molecule has 0 radical (unpaired) electrons. The van der Waals surface area contributed by atoms with Gasteiger partial charge < -0.3 is 15.5 Å². The van der Waals surface area contributed by atoms with Gasteiger partial charge in [0.2, 0.25) is 5.95 Å². The van der Waals surface area contributed by atoms with Crippen LogP contribution in [0.15, 0.2) is 36.5 Å². The van der Waals surface area contributed by atoms with E-state index < -0.39 is 0 Å². The van der Waals surface area contributed by atoms with Crippen LogP contribution in [0.2, 0.25) is 0 Å². The van der Waals surface area contributed by atoms with Gasteiger partial charge in [0.25, 0.3) is 0 Å². The van der Waals surface area contributed by atoms with Crippen molar-refractivity contribution in [1.29, 1.82) is 0 Å². The molecule has 1 fully saturated rings. The Labute approximate surface area is 150 Å². The van der Waals surface area contributed by atoms with Crippen molar-refractivity contribution in [1.82, 2.24) is 9.97 Å². The Kier molecular flexibility index (Phi) is 6.48. The summed E-state index contributed by atoms with van der Waals surface area (Å²) >= 11 is 0. The zero-order valence-corrected chi connectivity index (χ0v) is 15.2. The monoisotopic (exact) mass is 339 g/mol. The maximum atomic E-state index is 4.53. The Balaban J connectivity index is 1.56. The van der Waals surface area contributed by atoms with Gasteiger partial charge in [0.1, 0.15) is 5.82 Å². The number of anilines is 4. The lowest BCUT2D eigenvalue weighted by Crippen LogP contribution is -2.29. The van der Waals surface area contributed by atoms with E-state index in [1.54, 1.807) is 6.20 Å². The number of unbranched alkanes of at least 4 members (excludes halogenated alkanes) is 2. The van der Waals surface area contributed by atoms with Gasteiger partial charge in [-0.3, -0.25) is 0 Å². The number of rotatable bonds is 8. The van der Waals surface area contributed by atoms with Crippen LogP contribution in [-0.2, 0) is 0 Å². The molecule has 1 aromatic carbocycles. The summed E-state index contributed by atoms with van der Waals surface area (Å²) in [5.74, 6) is 1.50. The fraction of sp³-hybridized carbons (Fsp3) is 0.500. The lowest BCUT2D eigenvalue weighted by Gasteiger charge is -2.28. The molecule has 1 saturated heterocycles. The molecule has 1 aliphatic heterocycles. The van der Waals surface area contributed by atoms with Crippen LogP contribution in [0.5, 0.6) is 0 Å². The summed E-state index contributed by atoms with van der Waals surface area (Å²) in [5, 5.41) is 6.66. The summed E-state index contributed by atoms with van der Waals surface area (Å²) < 4.78 is 0. The van der Waals surface area contributed by atoms with Gasteiger partial charge in [0.05, 0.1) is 0 Å². The SMILES string of the molecule is CCCCCNc1nccc(Nc2ccc(N3CCCCC3)cc2)n1. The molecule has 5 nitrogen and oxygen atoms in total. The van der Waals surface area contributed by atoms with Gasteiger partial charge in [-0.1, -0.05) is 19.8 Å². The molecule has 0 spiro atoms. The van der Waals surface area contributed by atoms with Crippen molar-refractivity contribution in [3.05, 3.63) is 36.5 Å². The molecular weight excluding hydrogens is 310 g/mol. The molecule has 0 aliphatic carbocycles. The lowest BCUT2D eigenvalue weighted by atomic mass is 10.1. The van der Waals surface area contributed by atoms with E-state index in [9.17, 15) is 0 Å². The highest BCUT2D eigenvalue weighted by Gasteiger charge is 2.10. The quantitative estimate of drug-likeness (QED) is 0.676. The lowest BCUT2D eigenvalue weighted by molar-refractivity contribution is 0.578. The molecule has 3 rings (SSSR count). The Bertz CT molecular complexity index is 635. The number of piperidine rings is 1. The first-order chi connectivity index (χ1) is 12.3. The molecule has 25 heavy (non-hydrogen) atoms. The summed E-state index contributed by atoms with van der Waals surface area (Å²) in [6.07, 6.45) is 9.35. The van der Waals surface area contributed by atoms with Gasteiger partial charge in [-0.15, -0.1) is 0 Å². The first kappa shape index (κ1) is 17.5. The molecule has 0 atom stereocenters. The van der Waals surface area contributed by atoms with Crippen molar-refractivity contribution in [2.75, 3.05) is 35.2 Å². The second kappa shape index (κ2) is 9.25. The normalized spacial score (nSPS) is 14.4. The van der Waals surface area contributed by atoms with Gasteiger partial charge in [0, 0.05) is 37.2 Å². The van der Waals surface area contributed by atoms with Crippen LogP contribution in [0.25, 0.3) is 0 Å². The minimum absolute atomic E-state index is 0.686. The summed E-state index contributed by atoms with van der Waals surface area (Å²) in [5.41, 5.74) is 2.36. The zero-order chi connectivity index (χ0) is 17.3. The van der Waals surface area contributed by atoms with Crippen LogP contribution in [-0.4, -0.2) is 29.6 Å². The molecule has 1 aromatic heterocycles. The van der Waals surface area contributed by atoms with Gasteiger partial charge in [0.15, 0.2) is 0 Å². The molecule has 2 heterocycles. The third-order valence-electron chi connectivity index (χ3n) is 4.58. The maximum Gasteiger partial charge on any atom is 0.224 e. The Morgan fingerprint density at radius 2 is 1.80 bits per heavy atom. The summed E-state index contributed by atoms with van der Waals surface area (Å²) in [6.45, 7) is 5.47. The van der Waals surface area contributed by atoms with Gasteiger partial charge in [-0.2, -0.15) is 4.98 Å². The minimum Gasteiger partial charge on any atom is -0.372 e. The topological polar surface area (TPSA) is 53.1 Å². The van der Waals surface area contributed by atoms with Crippen molar-refractivity contribution >= 4 is 23.1 Å². The predicted octanol–water partition coefficient (Wildman–Crippen LogP) is 4.81. The Morgan fingerprint density at radius 1 is 1.00 bits per heavy atom. The van der Waals surface area contributed by atoms with Crippen molar-refractivity contribution in [2.45, 2.75) is 45.4 Å². The number of nitrogens with zero attached hydrogens (tertiary/aromatic N) is 3. The van der Waals surface area contributed by atoms with E-state index in [-0.39, 0.29) is 0 Å². The Hall–Kier alpha value is -2.30. The first-order valence-electron chi connectivity index (χ1n) is 9.54. The molecule has 134 valence electrons. The minimum atomic E-state index is 0.686. The number of hydrogen-bond acceptors (Lipinski definition) is 5. The molecule has 0 saturated carbocycles. The molecule has 2 N–H and O–H groups in total. The number of nitrogens with one attached hydrogen (secondary N) is 2. The van der Waals surface area contributed by atoms with E-state index in [2.05, 4.69) is 56.7 Å². The van der Waals surface area contributed by atoms with Crippen molar-refractivity contribution < 1.29 is 0 Å². The molecule has 2 aromatic rings. The van der Waals surface area contributed by atoms with E-state index in [1.165, 1.54) is 50.9 Å². The van der Waals surface area contributed by atoms with E-state index >= 15 is 0 Å². The van der Waals surface area contributed by atoms with Crippen LogP contribution < -0.4 is 15.5 Å². The number of hydrogen-bond donors (Lipinski definition) is 2. The number of aromatic nitrogens is 2. The Morgan fingerprint density at radius 3 is 2.56 bits per heavy atom. The summed E-state index contributed by atoms with van der Waals surface area (Å²) in [6, 6.07) is 10.5. The average Bonchev–Trinajstić information content (AvgIpc) is 2.67. The third-order valence-corrected chi connectivity index (χ3v) is 4.58. The second-order valence-corrected chi connectivity index (χ2v) is 6.62. The first-order valence-corrected chi connectivity index (χ1v) is 9.54. The largest absolute Gasteiger partial charge is 0.372 e. The molecule has 0 unspecified atom stereocenters. The van der Waals surface area contributed by atoms with Gasteiger partial charge in [-0.25, -0.2) is 4.98 Å². The van der Waals surface area contributed by atoms with Crippen molar-refractivity contribution in [3.63, 3.8) is 0 Å². The van der Waals surface area contributed by atoms with Crippen molar-refractivity contribution in [3.8, 4) is 0 Å². The summed E-state index contributed by atoms with van der Waals surface area (Å²) in [4.78, 5) is 11.3. The van der Waals surface area contributed by atoms with Crippen LogP contribution >= 0.6 is 0 Å². The molecule has 1 aliphatic rings. The van der Waals surface area contributed by atoms with E-state index in [4.69, 9.17) is 0 Å². The van der Waals surface area contributed by atoms with Crippen LogP contribution in [0.1, 0.15) is 45.4 Å². The van der Waals surface area contributed by atoms with E-state index in [1.807, 2.05) is 6.07 Å². The highest BCUT2D eigenvalue weighted by molar-refractivity contribution is 5.61. The van der Waals surface area contributed by atoms with E-state index in [0.717, 1.165) is 24.5 Å². The number of benzene rings is 1. The van der Waals surface area contributed by atoms with Crippen LogP contribution in [0.4, 0.5) is 23.1 Å². The predicted molar refractivity (Wildman–Crippen MR) is 106 cm³/mol. The van der Waals surface area contributed by atoms with E-state index in [0.29, 0.717) is 5.95 Å². The smallest absolute Gasteiger partial charge is 0.224 e. The second-order valence-electron chi connectivity index (χ2n) is 6.62. The molecular formula is C20H29N5. The fourth-order valence-electron chi connectivity index (χ4n) is 3.14. The van der Waals surface area contributed by atoms with Gasteiger partial charge in [-0.05, 0) is 56.0 Å². The third kappa shape index (κ3) is 5.34.